The quantitative estimate of drug-likeness (QED) is 0.752. The second-order valence-electron chi connectivity index (χ2n) is 4.94. The first-order chi connectivity index (χ1) is 9.61. The van der Waals surface area contributed by atoms with E-state index in [0.717, 1.165) is 5.75 Å². The molecule has 2 rings (SSSR count). The monoisotopic (exact) mass is 349 g/mol. The summed E-state index contributed by atoms with van der Waals surface area (Å²) in [4.78, 5) is 1.29. The van der Waals surface area contributed by atoms with Crippen molar-refractivity contribution in [1.82, 2.24) is 5.32 Å². The molecule has 106 valence electrons. The highest BCUT2D eigenvalue weighted by Crippen LogP contribution is 2.31. The molecule has 3 heteroatoms. The van der Waals surface area contributed by atoms with Crippen molar-refractivity contribution in [2.24, 2.45) is 0 Å². The maximum atomic E-state index is 3.61. The van der Waals surface area contributed by atoms with Gasteiger partial charge in [0.15, 0.2) is 0 Å². The number of aryl methyl sites for hydroxylation is 2. The molecule has 0 bridgehead atoms. The highest BCUT2D eigenvalue weighted by atomic mass is 79.9. The molecule has 2 aromatic rings. The van der Waals surface area contributed by atoms with Gasteiger partial charge in [0.1, 0.15) is 0 Å². The third kappa shape index (κ3) is 3.87. The van der Waals surface area contributed by atoms with Crippen LogP contribution >= 0.6 is 27.7 Å². The van der Waals surface area contributed by atoms with E-state index < -0.39 is 0 Å². The molecule has 2 aromatic carbocycles. The van der Waals surface area contributed by atoms with Crippen LogP contribution < -0.4 is 5.32 Å². The molecule has 0 aliphatic carbocycles. The van der Waals surface area contributed by atoms with Crippen LogP contribution in [0.3, 0.4) is 0 Å². The van der Waals surface area contributed by atoms with Crippen LogP contribution in [-0.4, -0.2) is 12.8 Å². The number of halogens is 1. The average Bonchev–Trinajstić information content (AvgIpc) is 2.45. The van der Waals surface area contributed by atoms with E-state index in [1.165, 1.54) is 26.1 Å². The van der Waals surface area contributed by atoms with Crippen LogP contribution in [0.1, 0.15) is 22.7 Å². The molecule has 0 amide bonds. The van der Waals surface area contributed by atoms with Crippen LogP contribution in [-0.2, 0) is 0 Å². The van der Waals surface area contributed by atoms with Gasteiger partial charge >= 0.3 is 0 Å². The highest BCUT2D eigenvalue weighted by molar-refractivity contribution is 9.10. The Kier molecular flexibility index (Phi) is 5.70. The van der Waals surface area contributed by atoms with Crippen molar-refractivity contribution in [1.29, 1.82) is 0 Å². The first-order valence-electron chi connectivity index (χ1n) is 6.73. The fraction of sp³-hybridized carbons (Fsp3) is 0.294. The predicted octanol–water partition coefficient (Wildman–Crippen LogP) is 5.12. The summed E-state index contributed by atoms with van der Waals surface area (Å²) in [5, 5.41) is 3.44. The summed E-state index contributed by atoms with van der Waals surface area (Å²) < 4.78 is 1.17. The Hall–Kier alpha value is -0.770. The summed E-state index contributed by atoms with van der Waals surface area (Å²) in [5.41, 5.74) is 4.06. The Morgan fingerprint density at radius 1 is 1.15 bits per heavy atom. The van der Waals surface area contributed by atoms with Crippen LogP contribution in [0.2, 0.25) is 0 Å². The van der Waals surface area contributed by atoms with Crippen LogP contribution in [0.5, 0.6) is 0 Å². The summed E-state index contributed by atoms with van der Waals surface area (Å²) in [6, 6.07) is 15.4. The second kappa shape index (κ2) is 7.30. The number of thioether (sulfide) groups is 1. The zero-order valence-corrected chi connectivity index (χ0v) is 14.5. The maximum Gasteiger partial charge on any atom is 0.0415 e. The lowest BCUT2D eigenvalue weighted by Gasteiger charge is -2.19. The molecule has 0 saturated heterocycles. The molecular weight excluding hydrogens is 330 g/mol. The summed E-state index contributed by atoms with van der Waals surface area (Å²) in [5.74, 6) is 1.02. The lowest BCUT2D eigenvalue weighted by molar-refractivity contribution is 0.657. The molecule has 1 N–H and O–H groups in total. The Labute approximate surface area is 134 Å². The minimum atomic E-state index is 0.368. The topological polar surface area (TPSA) is 12.0 Å². The van der Waals surface area contributed by atoms with Crippen LogP contribution in [0, 0.1) is 13.8 Å². The van der Waals surface area contributed by atoms with Gasteiger partial charge < -0.3 is 5.32 Å². The zero-order valence-electron chi connectivity index (χ0n) is 12.1. The molecule has 20 heavy (non-hydrogen) atoms. The first-order valence-corrected chi connectivity index (χ1v) is 8.51. The standard InChI is InChI=1S/C17H20BrNS/c1-12-8-9-13(2)14(10-12)16(19-3)11-20-17-7-5-4-6-15(17)18/h4-10,16,19H,11H2,1-3H3. The molecular formula is C17H20BrNS. The molecule has 0 aromatic heterocycles. The summed E-state index contributed by atoms with van der Waals surface area (Å²) >= 11 is 5.49. The molecule has 1 nitrogen and oxygen atoms in total. The van der Waals surface area contributed by atoms with Crippen molar-refractivity contribution >= 4 is 27.7 Å². The molecule has 0 heterocycles. The molecule has 1 unspecified atom stereocenters. The molecule has 0 fully saturated rings. The number of hydrogen-bond donors (Lipinski definition) is 1. The maximum absolute atomic E-state index is 3.61. The van der Waals surface area contributed by atoms with Crippen LogP contribution in [0.15, 0.2) is 51.8 Å². The number of benzene rings is 2. The molecule has 0 saturated carbocycles. The van der Waals surface area contributed by atoms with Crippen LogP contribution in [0.4, 0.5) is 0 Å². The number of rotatable bonds is 5. The number of hydrogen-bond acceptors (Lipinski definition) is 2. The Morgan fingerprint density at radius 3 is 2.60 bits per heavy atom. The van der Waals surface area contributed by atoms with E-state index in [4.69, 9.17) is 0 Å². The molecule has 0 radical (unpaired) electrons. The van der Waals surface area contributed by atoms with Gasteiger partial charge in [-0.15, -0.1) is 11.8 Å². The minimum absolute atomic E-state index is 0.368. The van der Waals surface area contributed by atoms with Gasteiger partial charge in [0.25, 0.3) is 0 Å². The molecule has 0 aliphatic rings. The van der Waals surface area contributed by atoms with Gasteiger partial charge in [-0.3, -0.25) is 0 Å². The molecule has 0 aliphatic heterocycles. The largest absolute Gasteiger partial charge is 0.312 e. The SMILES string of the molecule is CNC(CSc1ccccc1Br)c1cc(C)ccc1C. The van der Waals surface area contributed by atoms with Crippen molar-refractivity contribution in [2.75, 3.05) is 12.8 Å². The van der Waals surface area contributed by atoms with E-state index in [-0.39, 0.29) is 0 Å². The van der Waals surface area contributed by atoms with Crippen molar-refractivity contribution in [3.05, 3.63) is 63.6 Å². The average molecular weight is 350 g/mol. The van der Waals surface area contributed by atoms with Gasteiger partial charge in [-0.1, -0.05) is 35.9 Å². The summed E-state index contributed by atoms with van der Waals surface area (Å²) in [6.07, 6.45) is 0. The lowest BCUT2D eigenvalue weighted by Crippen LogP contribution is -2.19. The van der Waals surface area contributed by atoms with E-state index in [1.54, 1.807) is 0 Å². The molecule has 1 atom stereocenters. The third-order valence-corrected chi connectivity index (χ3v) is 5.52. The van der Waals surface area contributed by atoms with E-state index in [0.29, 0.717) is 6.04 Å². The van der Waals surface area contributed by atoms with E-state index in [1.807, 2.05) is 18.8 Å². The van der Waals surface area contributed by atoms with E-state index in [9.17, 15) is 0 Å². The van der Waals surface area contributed by atoms with Crippen molar-refractivity contribution in [2.45, 2.75) is 24.8 Å². The van der Waals surface area contributed by atoms with Gasteiger partial charge in [-0.05, 0) is 60.1 Å². The first kappa shape index (κ1) is 15.6. The summed E-state index contributed by atoms with van der Waals surface area (Å²) in [6.45, 7) is 4.33. The zero-order chi connectivity index (χ0) is 14.5. The van der Waals surface area contributed by atoms with Crippen LogP contribution in [0.25, 0.3) is 0 Å². The van der Waals surface area contributed by atoms with Gasteiger partial charge in [0.2, 0.25) is 0 Å². The third-order valence-electron chi connectivity index (χ3n) is 3.40. The molecule has 0 spiro atoms. The highest BCUT2D eigenvalue weighted by Gasteiger charge is 2.13. The fourth-order valence-electron chi connectivity index (χ4n) is 2.20. The Balaban J connectivity index is 2.13. The Bertz CT molecular complexity index is 583. The van der Waals surface area contributed by atoms with Crippen molar-refractivity contribution in [3.63, 3.8) is 0 Å². The summed E-state index contributed by atoms with van der Waals surface area (Å²) in [7, 11) is 2.03. The number of nitrogens with one attached hydrogen (secondary N) is 1. The van der Waals surface area contributed by atoms with E-state index >= 15 is 0 Å². The predicted molar refractivity (Wildman–Crippen MR) is 92.6 cm³/mol. The smallest absolute Gasteiger partial charge is 0.0415 e. The fourth-order valence-corrected chi connectivity index (χ4v) is 3.90. The van der Waals surface area contributed by atoms with Gasteiger partial charge in [-0.25, -0.2) is 0 Å². The van der Waals surface area contributed by atoms with Gasteiger partial charge in [-0.2, -0.15) is 0 Å². The minimum Gasteiger partial charge on any atom is -0.312 e. The van der Waals surface area contributed by atoms with E-state index in [2.05, 4.69) is 77.6 Å². The normalized spacial score (nSPS) is 12.4. The second-order valence-corrected chi connectivity index (χ2v) is 6.86. The lowest BCUT2D eigenvalue weighted by atomic mass is 10.0. The van der Waals surface area contributed by atoms with Crippen molar-refractivity contribution < 1.29 is 0 Å². The van der Waals surface area contributed by atoms with Crippen molar-refractivity contribution in [3.8, 4) is 0 Å². The van der Waals surface area contributed by atoms with Gasteiger partial charge in [0.05, 0.1) is 0 Å². The van der Waals surface area contributed by atoms with Gasteiger partial charge in [0, 0.05) is 21.2 Å². The Morgan fingerprint density at radius 2 is 1.90 bits per heavy atom.